The number of anilines is 1. The van der Waals surface area contributed by atoms with E-state index in [9.17, 15) is 18.0 Å². The zero-order chi connectivity index (χ0) is 17.3. The summed E-state index contributed by atoms with van der Waals surface area (Å²) in [5.41, 5.74) is 1.10. The number of amides is 1. The van der Waals surface area contributed by atoms with Gasteiger partial charge in [0.05, 0.1) is 22.7 Å². The second-order valence-electron chi connectivity index (χ2n) is 5.30. The Kier molecular flexibility index (Phi) is 4.36. The van der Waals surface area contributed by atoms with E-state index in [-0.39, 0.29) is 17.3 Å². The molecule has 124 valence electrons. The lowest BCUT2D eigenvalue weighted by molar-refractivity contribution is -0.137. The lowest BCUT2D eigenvalue weighted by atomic mass is 10.2. The molecule has 7 heteroatoms. The van der Waals surface area contributed by atoms with Crippen LogP contribution in [0.15, 0.2) is 53.5 Å². The predicted octanol–water partition coefficient (Wildman–Crippen LogP) is 4.78. The zero-order valence-electron chi connectivity index (χ0n) is 12.7. The van der Waals surface area contributed by atoms with Crippen LogP contribution in [0.4, 0.5) is 24.5 Å². The molecular formula is C17H13F3N2OS. The predicted molar refractivity (Wildman–Crippen MR) is 89.7 cm³/mol. The molecule has 24 heavy (non-hydrogen) atoms. The van der Waals surface area contributed by atoms with Crippen molar-refractivity contribution >= 4 is 34.2 Å². The van der Waals surface area contributed by atoms with E-state index in [1.165, 1.54) is 28.8 Å². The Labute approximate surface area is 141 Å². The summed E-state index contributed by atoms with van der Waals surface area (Å²) in [6, 6.07) is 12.1. The molecule has 1 fully saturated rings. The first-order chi connectivity index (χ1) is 11.3. The second kappa shape index (κ2) is 6.32. The standard InChI is InChI=1S/C17H13F3N2OS/c1-11-5-7-13(8-6-11)21-16-22(15(23)10-24-16)14-4-2-3-12(9-14)17(18,19)20/h2-9H,10H2,1H3. The van der Waals surface area contributed by atoms with Crippen molar-refractivity contribution in [2.24, 2.45) is 4.99 Å². The molecule has 0 aliphatic carbocycles. The lowest BCUT2D eigenvalue weighted by Crippen LogP contribution is -2.29. The molecule has 0 bridgehead atoms. The van der Waals surface area contributed by atoms with Crippen LogP contribution < -0.4 is 4.90 Å². The summed E-state index contributed by atoms with van der Waals surface area (Å²) in [5.74, 6) is -0.133. The molecule has 2 aromatic rings. The third-order valence-electron chi connectivity index (χ3n) is 3.46. The van der Waals surface area contributed by atoms with Crippen LogP contribution in [0.2, 0.25) is 0 Å². The van der Waals surface area contributed by atoms with Crippen molar-refractivity contribution < 1.29 is 18.0 Å². The highest BCUT2D eigenvalue weighted by Gasteiger charge is 2.34. The van der Waals surface area contributed by atoms with E-state index in [4.69, 9.17) is 0 Å². The normalized spacial score (nSPS) is 16.9. The molecule has 1 amide bonds. The highest BCUT2D eigenvalue weighted by Crippen LogP contribution is 2.34. The number of rotatable bonds is 2. The molecule has 0 aromatic heterocycles. The Morgan fingerprint density at radius 1 is 1.12 bits per heavy atom. The van der Waals surface area contributed by atoms with Gasteiger partial charge in [-0.2, -0.15) is 13.2 Å². The third kappa shape index (κ3) is 3.46. The molecule has 3 nitrogen and oxygen atoms in total. The van der Waals surface area contributed by atoms with Crippen molar-refractivity contribution in [3.63, 3.8) is 0 Å². The van der Waals surface area contributed by atoms with Crippen LogP contribution in [0.1, 0.15) is 11.1 Å². The van der Waals surface area contributed by atoms with Crippen molar-refractivity contribution in [2.45, 2.75) is 13.1 Å². The summed E-state index contributed by atoms with van der Waals surface area (Å²) in [7, 11) is 0. The summed E-state index contributed by atoms with van der Waals surface area (Å²) in [6.45, 7) is 1.94. The van der Waals surface area contributed by atoms with Crippen molar-refractivity contribution in [1.29, 1.82) is 0 Å². The van der Waals surface area contributed by atoms with E-state index >= 15 is 0 Å². The first kappa shape index (κ1) is 16.6. The first-order valence-electron chi connectivity index (χ1n) is 7.13. The summed E-state index contributed by atoms with van der Waals surface area (Å²) in [6.07, 6.45) is -4.46. The average molecular weight is 350 g/mol. The minimum Gasteiger partial charge on any atom is -0.273 e. The van der Waals surface area contributed by atoms with Crippen LogP contribution in [-0.4, -0.2) is 16.8 Å². The van der Waals surface area contributed by atoms with Gasteiger partial charge < -0.3 is 0 Å². The SMILES string of the molecule is Cc1ccc(N=C2SCC(=O)N2c2cccc(C(F)(F)F)c2)cc1. The number of hydrogen-bond acceptors (Lipinski definition) is 3. The molecule has 0 N–H and O–H groups in total. The fraction of sp³-hybridized carbons (Fsp3) is 0.176. The van der Waals surface area contributed by atoms with Gasteiger partial charge in [0.1, 0.15) is 0 Å². The minimum absolute atomic E-state index is 0.154. The quantitative estimate of drug-likeness (QED) is 0.781. The number of thioether (sulfide) groups is 1. The van der Waals surface area contributed by atoms with Crippen LogP contribution in [0.5, 0.6) is 0 Å². The fourth-order valence-corrected chi connectivity index (χ4v) is 3.14. The number of halogens is 3. The molecular weight excluding hydrogens is 337 g/mol. The topological polar surface area (TPSA) is 32.7 Å². The molecule has 0 unspecified atom stereocenters. The van der Waals surface area contributed by atoms with Crippen molar-refractivity contribution in [1.82, 2.24) is 0 Å². The maximum absolute atomic E-state index is 12.9. The van der Waals surface area contributed by atoms with Gasteiger partial charge >= 0.3 is 6.18 Å². The van der Waals surface area contributed by atoms with E-state index < -0.39 is 11.7 Å². The van der Waals surface area contributed by atoms with Crippen molar-refractivity contribution in [3.05, 3.63) is 59.7 Å². The Morgan fingerprint density at radius 3 is 2.50 bits per heavy atom. The van der Waals surface area contributed by atoms with Crippen LogP contribution in [0.25, 0.3) is 0 Å². The Bertz CT molecular complexity index is 800. The van der Waals surface area contributed by atoms with Gasteiger partial charge in [-0.15, -0.1) is 0 Å². The molecule has 1 aliphatic heterocycles. The van der Waals surface area contributed by atoms with Gasteiger partial charge in [0.25, 0.3) is 0 Å². The summed E-state index contributed by atoms with van der Waals surface area (Å²) in [4.78, 5) is 17.8. The smallest absolute Gasteiger partial charge is 0.273 e. The number of alkyl halides is 3. The molecule has 0 saturated carbocycles. The second-order valence-corrected chi connectivity index (χ2v) is 6.24. The van der Waals surface area contributed by atoms with Crippen LogP contribution in [0, 0.1) is 6.92 Å². The Hall–Kier alpha value is -2.28. The van der Waals surface area contributed by atoms with Crippen molar-refractivity contribution in [3.8, 4) is 0 Å². The zero-order valence-corrected chi connectivity index (χ0v) is 13.5. The maximum atomic E-state index is 12.9. The van der Waals surface area contributed by atoms with E-state index in [0.717, 1.165) is 17.7 Å². The molecule has 2 aromatic carbocycles. The highest BCUT2D eigenvalue weighted by atomic mass is 32.2. The van der Waals surface area contributed by atoms with Gasteiger partial charge in [-0.3, -0.25) is 9.69 Å². The van der Waals surface area contributed by atoms with Gasteiger partial charge in [0.2, 0.25) is 5.91 Å². The van der Waals surface area contributed by atoms with Crippen LogP contribution >= 0.6 is 11.8 Å². The number of carbonyl (C=O) groups is 1. The molecule has 1 saturated heterocycles. The maximum Gasteiger partial charge on any atom is 0.416 e. The van der Waals surface area contributed by atoms with E-state index in [1.807, 2.05) is 19.1 Å². The third-order valence-corrected chi connectivity index (χ3v) is 4.38. The van der Waals surface area contributed by atoms with Gasteiger partial charge in [-0.05, 0) is 37.3 Å². The van der Waals surface area contributed by atoms with Gasteiger partial charge in [-0.25, -0.2) is 4.99 Å². The first-order valence-corrected chi connectivity index (χ1v) is 8.11. The van der Waals surface area contributed by atoms with Crippen molar-refractivity contribution in [2.75, 3.05) is 10.7 Å². The summed E-state index contributed by atoms with van der Waals surface area (Å²) < 4.78 is 38.7. The van der Waals surface area contributed by atoms with E-state index in [1.54, 1.807) is 12.1 Å². The fourth-order valence-electron chi connectivity index (χ4n) is 2.25. The highest BCUT2D eigenvalue weighted by molar-refractivity contribution is 8.15. The summed E-state index contributed by atoms with van der Waals surface area (Å²) in [5, 5.41) is 0.378. The van der Waals surface area contributed by atoms with Gasteiger partial charge in [0, 0.05) is 0 Å². The lowest BCUT2D eigenvalue weighted by Gasteiger charge is -2.17. The summed E-state index contributed by atoms with van der Waals surface area (Å²) >= 11 is 1.21. The number of nitrogens with zero attached hydrogens (tertiary/aromatic N) is 2. The van der Waals surface area contributed by atoms with Gasteiger partial charge in [-0.1, -0.05) is 35.5 Å². The number of amidine groups is 1. The molecule has 1 aliphatic rings. The van der Waals surface area contributed by atoms with Gasteiger partial charge in [0.15, 0.2) is 5.17 Å². The van der Waals surface area contributed by atoms with E-state index in [2.05, 4.69) is 4.99 Å². The molecule has 1 heterocycles. The number of carbonyl (C=O) groups excluding carboxylic acids is 1. The Balaban J connectivity index is 1.98. The number of aryl methyl sites for hydroxylation is 1. The Morgan fingerprint density at radius 2 is 1.83 bits per heavy atom. The molecule has 0 atom stereocenters. The van der Waals surface area contributed by atoms with E-state index in [0.29, 0.717) is 10.9 Å². The molecule has 0 spiro atoms. The van der Waals surface area contributed by atoms with Crippen LogP contribution in [-0.2, 0) is 11.0 Å². The number of aliphatic imine (C=N–C) groups is 1. The average Bonchev–Trinajstić information content (AvgIpc) is 2.89. The monoisotopic (exact) mass is 350 g/mol. The molecule has 3 rings (SSSR count). The largest absolute Gasteiger partial charge is 0.416 e. The number of hydrogen-bond donors (Lipinski definition) is 0. The molecule has 0 radical (unpaired) electrons. The minimum atomic E-state index is -4.46. The number of benzene rings is 2. The van der Waals surface area contributed by atoms with Crippen LogP contribution in [0.3, 0.4) is 0 Å².